The molecule has 35 heavy (non-hydrogen) atoms. The van der Waals surface area contributed by atoms with Crippen LogP contribution in [-0.2, 0) is 13.0 Å². The van der Waals surface area contributed by atoms with Crippen LogP contribution in [0, 0.1) is 6.92 Å². The van der Waals surface area contributed by atoms with Crippen LogP contribution < -0.4 is 4.74 Å². The first-order valence-electron chi connectivity index (χ1n) is 12.6. The minimum Gasteiger partial charge on any atom is -0.491 e. The number of aromatic nitrogens is 2. The zero-order chi connectivity index (χ0) is 24.8. The van der Waals surface area contributed by atoms with E-state index in [0.29, 0.717) is 18.7 Å². The number of hydrogen-bond acceptors (Lipinski definition) is 3. The summed E-state index contributed by atoms with van der Waals surface area (Å²) in [6.07, 6.45) is 5.22. The molecule has 4 aromatic rings. The maximum absolute atomic E-state index is 11.7. The quantitative estimate of drug-likeness (QED) is 0.234. The molecule has 0 spiro atoms. The summed E-state index contributed by atoms with van der Waals surface area (Å²) in [5.41, 5.74) is 6.30. The third-order valence-corrected chi connectivity index (χ3v) is 6.41. The molecule has 0 saturated heterocycles. The van der Waals surface area contributed by atoms with Gasteiger partial charge in [0.15, 0.2) is 0 Å². The summed E-state index contributed by atoms with van der Waals surface area (Å²) < 4.78 is 8.51. The van der Waals surface area contributed by atoms with Crippen molar-refractivity contribution in [2.45, 2.75) is 59.4 Å². The average molecular weight is 471 g/mol. The van der Waals surface area contributed by atoms with Crippen molar-refractivity contribution in [1.29, 1.82) is 0 Å². The fraction of sp³-hybridized carbons (Fsp3) is 0.333. The molecule has 0 bridgehead atoms. The monoisotopic (exact) mass is 470 g/mol. The Balaban J connectivity index is 1.72. The number of carboxylic acid groups (broad SMARTS) is 1. The first kappa shape index (κ1) is 24.5. The van der Waals surface area contributed by atoms with Gasteiger partial charge in [-0.3, -0.25) is 0 Å². The molecule has 3 aromatic carbocycles. The van der Waals surface area contributed by atoms with Gasteiger partial charge in [-0.15, -0.1) is 0 Å². The molecule has 0 saturated carbocycles. The average Bonchev–Trinajstić information content (AvgIpc) is 3.23. The molecule has 0 aliphatic rings. The highest BCUT2D eigenvalue weighted by Gasteiger charge is 2.18. The van der Waals surface area contributed by atoms with Gasteiger partial charge < -0.3 is 14.4 Å². The van der Waals surface area contributed by atoms with Crippen LogP contribution in [0.1, 0.15) is 66.8 Å². The number of benzene rings is 3. The Kier molecular flexibility index (Phi) is 7.86. The van der Waals surface area contributed by atoms with Crippen LogP contribution >= 0.6 is 0 Å². The Bertz CT molecular complexity index is 1310. The number of fused-ring (bicyclic) bond motifs is 1. The molecular weight excluding hydrogens is 436 g/mol. The molecule has 0 aliphatic heterocycles. The highest BCUT2D eigenvalue weighted by atomic mass is 16.5. The smallest absolute Gasteiger partial charge is 0.336 e. The fourth-order valence-corrected chi connectivity index (χ4v) is 4.42. The van der Waals surface area contributed by atoms with Crippen LogP contribution in [0.25, 0.3) is 22.2 Å². The summed E-state index contributed by atoms with van der Waals surface area (Å²) in [4.78, 5) is 16.7. The van der Waals surface area contributed by atoms with Crippen LogP contribution in [-0.4, -0.2) is 27.2 Å². The zero-order valence-electron chi connectivity index (χ0n) is 20.9. The van der Waals surface area contributed by atoms with Gasteiger partial charge in [0.05, 0.1) is 17.7 Å². The molecule has 1 N–H and O–H groups in total. The lowest BCUT2D eigenvalue weighted by molar-refractivity contribution is 0.0697. The van der Waals surface area contributed by atoms with E-state index in [1.165, 1.54) is 0 Å². The number of aromatic carboxylic acids is 1. The molecule has 0 unspecified atom stereocenters. The second-order valence-electron chi connectivity index (χ2n) is 9.05. The largest absolute Gasteiger partial charge is 0.491 e. The summed E-state index contributed by atoms with van der Waals surface area (Å²) in [5.74, 6) is 1.05. The summed E-state index contributed by atoms with van der Waals surface area (Å²) in [7, 11) is 0. The molecule has 0 fully saturated rings. The van der Waals surface area contributed by atoms with Gasteiger partial charge in [0.1, 0.15) is 17.1 Å². The molecular formula is C30H34N2O3. The Hall–Kier alpha value is -3.60. The first-order valence-corrected chi connectivity index (χ1v) is 12.6. The first-order chi connectivity index (χ1) is 17.0. The van der Waals surface area contributed by atoms with E-state index in [1.54, 1.807) is 12.1 Å². The van der Waals surface area contributed by atoms with Gasteiger partial charge in [-0.2, -0.15) is 0 Å². The number of carboxylic acids is 1. The maximum Gasteiger partial charge on any atom is 0.336 e. The lowest BCUT2D eigenvalue weighted by Crippen LogP contribution is -2.07. The van der Waals surface area contributed by atoms with Crippen molar-refractivity contribution >= 4 is 17.0 Å². The normalized spacial score (nSPS) is 11.2. The number of rotatable bonds is 11. The number of carbonyl (C=O) groups is 1. The third kappa shape index (κ3) is 5.40. The number of hydrogen-bond donors (Lipinski definition) is 1. The molecule has 1 heterocycles. The number of nitrogens with zero attached hydrogens (tertiary/aromatic N) is 2. The molecule has 0 atom stereocenters. The molecule has 1 aromatic heterocycles. The highest BCUT2D eigenvalue weighted by molar-refractivity contribution is 5.96. The maximum atomic E-state index is 11.7. The topological polar surface area (TPSA) is 64.4 Å². The molecule has 5 heteroatoms. The molecule has 182 valence electrons. The van der Waals surface area contributed by atoms with Gasteiger partial charge in [0.25, 0.3) is 0 Å². The van der Waals surface area contributed by atoms with Crippen molar-refractivity contribution in [2.75, 3.05) is 6.61 Å². The van der Waals surface area contributed by atoms with E-state index < -0.39 is 5.97 Å². The fourth-order valence-electron chi connectivity index (χ4n) is 4.42. The van der Waals surface area contributed by atoms with E-state index in [0.717, 1.165) is 77.0 Å². The molecule has 0 radical (unpaired) electrons. The van der Waals surface area contributed by atoms with E-state index >= 15 is 0 Å². The van der Waals surface area contributed by atoms with Crippen LogP contribution in [0.3, 0.4) is 0 Å². The SMILES string of the molecule is CCCCOc1ccc(C)c2nc(CCCC)n(Cc3ccc(-c4ccccc4C(=O)O)cc3)c12. The minimum absolute atomic E-state index is 0.312. The number of imidazole rings is 1. The Morgan fingerprint density at radius 3 is 2.43 bits per heavy atom. The van der Waals surface area contributed by atoms with Gasteiger partial charge in [0, 0.05) is 13.0 Å². The second kappa shape index (κ2) is 11.2. The third-order valence-electron chi connectivity index (χ3n) is 6.41. The van der Waals surface area contributed by atoms with Gasteiger partial charge in [-0.05, 0) is 54.2 Å². The minimum atomic E-state index is -0.916. The van der Waals surface area contributed by atoms with Gasteiger partial charge in [-0.25, -0.2) is 9.78 Å². The number of unbranched alkanes of at least 4 members (excludes halogenated alkanes) is 2. The van der Waals surface area contributed by atoms with Crippen molar-refractivity contribution in [2.24, 2.45) is 0 Å². The molecule has 5 nitrogen and oxygen atoms in total. The van der Waals surface area contributed by atoms with E-state index in [2.05, 4.69) is 49.6 Å². The van der Waals surface area contributed by atoms with Gasteiger partial charge >= 0.3 is 5.97 Å². The number of ether oxygens (including phenoxy) is 1. The van der Waals surface area contributed by atoms with Gasteiger partial charge in [-0.1, -0.05) is 75.2 Å². The molecule has 0 aliphatic carbocycles. The van der Waals surface area contributed by atoms with E-state index in [1.807, 2.05) is 24.3 Å². The summed E-state index contributed by atoms with van der Waals surface area (Å²) in [5, 5.41) is 9.56. The van der Waals surface area contributed by atoms with Gasteiger partial charge in [0.2, 0.25) is 0 Å². The van der Waals surface area contributed by atoms with Crippen molar-refractivity contribution in [3.05, 3.63) is 83.2 Å². The second-order valence-corrected chi connectivity index (χ2v) is 9.05. The van der Waals surface area contributed by atoms with E-state index in [-0.39, 0.29) is 0 Å². The Morgan fingerprint density at radius 1 is 0.971 bits per heavy atom. The summed E-state index contributed by atoms with van der Waals surface area (Å²) >= 11 is 0. The van der Waals surface area contributed by atoms with Crippen LogP contribution in [0.5, 0.6) is 5.75 Å². The predicted octanol–water partition coefficient (Wildman–Crippen LogP) is 7.28. The van der Waals surface area contributed by atoms with Crippen molar-refractivity contribution < 1.29 is 14.6 Å². The van der Waals surface area contributed by atoms with Crippen LogP contribution in [0.2, 0.25) is 0 Å². The lowest BCUT2D eigenvalue weighted by atomic mass is 9.98. The standard InChI is InChI=1S/C30H34N2O3/c1-4-6-12-27-31-28-21(3)13-18-26(35-19-7-5-2)29(28)32(27)20-22-14-16-23(17-15-22)24-10-8-9-11-25(24)30(33)34/h8-11,13-18H,4-7,12,19-20H2,1-3H3,(H,33,34). The summed E-state index contributed by atoms with van der Waals surface area (Å²) in [6.45, 7) is 7.85. The van der Waals surface area contributed by atoms with Crippen molar-refractivity contribution in [1.82, 2.24) is 9.55 Å². The van der Waals surface area contributed by atoms with Crippen LogP contribution in [0.4, 0.5) is 0 Å². The Labute approximate surface area is 207 Å². The zero-order valence-corrected chi connectivity index (χ0v) is 20.9. The van der Waals surface area contributed by atoms with Crippen LogP contribution in [0.15, 0.2) is 60.7 Å². The summed E-state index contributed by atoms with van der Waals surface area (Å²) in [6, 6.07) is 19.5. The Morgan fingerprint density at radius 2 is 1.71 bits per heavy atom. The number of aryl methyl sites for hydroxylation is 2. The highest BCUT2D eigenvalue weighted by Crippen LogP contribution is 2.31. The van der Waals surface area contributed by atoms with E-state index in [9.17, 15) is 9.90 Å². The van der Waals surface area contributed by atoms with Crippen molar-refractivity contribution in [3.8, 4) is 16.9 Å². The lowest BCUT2D eigenvalue weighted by Gasteiger charge is -2.14. The molecule has 4 rings (SSSR count). The van der Waals surface area contributed by atoms with Crippen molar-refractivity contribution in [3.63, 3.8) is 0 Å². The van der Waals surface area contributed by atoms with E-state index in [4.69, 9.17) is 9.72 Å². The predicted molar refractivity (Wildman–Crippen MR) is 141 cm³/mol. The molecule has 0 amide bonds.